The van der Waals surface area contributed by atoms with Crippen LogP contribution in [0.25, 0.3) is 0 Å². The van der Waals surface area contributed by atoms with Gasteiger partial charge in [-0.15, -0.1) is 0 Å². The average Bonchev–Trinajstić information content (AvgIpc) is 2.87. The minimum atomic E-state index is -0.699. The van der Waals surface area contributed by atoms with Crippen LogP contribution in [0.3, 0.4) is 0 Å². The van der Waals surface area contributed by atoms with Crippen LogP contribution in [0.5, 0.6) is 0 Å². The zero-order valence-corrected chi connectivity index (χ0v) is 16.9. The normalized spacial score (nSPS) is 11.8. The molecule has 0 saturated carbocycles. The van der Waals surface area contributed by atoms with E-state index in [0.717, 1.165) is 0 Å². The second-order valence-electron chi connectivity index (χ2n) is 6.21. The van der Waals surface area contributed by atoms with Crippen molar-refractivity contribution < 1.29 is 19.1 Å². The molecule has 8 heteroatoms. The summed E-state index contributed by atoms with van der Waals surface area (Å²) in [6, 6.07) is 4.59. The van der Waals surface area contributed by atoms with Gasteiger partial charge in [0.25, 0.3) is 5.91 Å². The van der Waals surface area contributed by atoms with E-state index in [9.17, 15) is 14.4 Å². The largest absolute Gasteiger partial charge is 0.451 e. The number of rotatable bonds is 6. The summed E-state index contributed by atoms with van der Waals surface area (Å²) in [5.41, 5.74) is 2.41. The van der Waals surface area contributed by atoms with Crippen molar-refractivity contribution in [2.75, 3.05) is 6.61 Å². The van der Waals surface area contributed by atoms with E-state index < -0.39 is 18.5 Å². The number of Topliss-reactive ketones (excluding diaryl/α,β-unsaturated/α-hetero) is 1. The molecule has 1 heterocycles. The third-order valence-corrected chi connectivity index (χ3v) is 4.70. The van der Waals surface area contributed by atoms with Crippen LogP contribution in [0.4, 0.5) is 0 Å². The molecule has 0 aliphatic carbocycles. The number of H-pyrrole nitrogens is 1. The molecule has 1 amide bonds. The molecule has 0 unspecified atom stereocenters. The van der Waals surface area contributed by atoms with E-state index in [4.69, 9.17) is 27.9 Å². The number of halogens is 2. The van der Waals surface area contributed by atoms with Crippen molar-refractivity contribution in [3.05, 3.63) is 56.3 Å². The lowest BCUT2D eigenvalue weighted by molar-refractivity contribution is -0.124. The number of ketones is 1. The molecule has 0 radical (unpaired) electrons. The molecule has 0 bridgehead atoms. The van der Waals surface area contributed by atoms with Gasteiger partial charge in [0.15, 0.2) is 12.4 Å². The minimum Gasteiger partial charge on any atom is -0.451 e. The number of nitrogens with one attached hydrogen (secondary N) is 2. The molecular formula is C19H20Cl2N2O4. The van der Waals surface area contributed by atoms with Gasteiger partial charge >= 0.3 is 5.97 Å². The highest BCUT2D eigenvalue weighted by Crippen LogP contribution is 2.26. The molecule has 0 aliphatic heterocycles. The van der Waals surface area contributed by atoms with Gasteiger partial charge in [0.1, 0.15) is 5.69 Å². The summed E-state index contributed by atoms with van der Waals surface area (Å²) >= 11 is 12.0. The molecule has 2 rings (SSSR count). The second kappa shape index (κ2) is 8.59. The molecule has 144 valence electrons. The number of carbonyl (C=O) groups excluding carboxylic acids is 3. The molecule has 0 spiro atoms. The Labute approximate surface area is 167 Å². The Hall–Kier alpha value is -2.31. The van der Waals surface area contributed by atoms with Crippen LogP contribution in [0.1, 0.15) is 57.6 Å². The van der Waals surface area contributed by atoms with Crippen molar-refractivity contribution >= 4 is 40.9 Å². The number of aromatic nitrogens is 1. The molecule has 0 saturated heterocycles. The quantitative estimate of drug-likeness (QED) is 0.552. The highest BCUT2D eigenvalue weighted by Gasteiger charge is 2.22. The van der Waals surface area contributed by atoms with Gasteiger partial charge in [0, 0.05) is 21.3 Å². The predicted molar refractivity (Wildman–Crippen MR) is 104 cm³/mol. The SMILES string of the molecule is CC(=O)c1c(C)[nH]c(C(=O)OCC(=O)N[C@@H](C)c2ccc(Cl)cc2Cl)c1C. The zero-order chi connectivity index (χ0) is 20.3. The second-order valence-corrected chi connectivity index (χ2v) is 7.06. The highest BCUT2D eigenvalue weighted by atomic mass is 35.5. The van der Waals surface area contributed by atoms with Gasteiger partial charge in [-0.2, -0.15) is 0 Å². The molecular weight excluding hydrogens is 391 g/mol. The van der Waals surface area contributed by atoms with E-state index in [-0.39, 0.29) is 17.5 Å². The molecule has 6 nitrogen and oxygen atoms in total. The van der Waals surface area contributed by atoms with E-state index in [1.165, 1.54) is 6.92 Å². The topological polar surface area (TPSA) is 88.3 Å². The van der Waals surface area contributed by atoms with Crippen LogP contribution >= 0.6 is 23.2 Å². The first-order chi connectivity index (χ1) is 12.6. The number of hydrogen-bond acceptors (Lipinski definition) is 4. The molecule has 1 aromatic carbocycles. The number of aryl methyl sites for hydroxylation is 1. The van der Waals surface area contributed by atoms with E-state index in [1.807, 2.05) is 0 Å². The van der Waals surface area contributed by atoms with E-state index in [1.54, 1.807) is 39.0 Å². The van der Waals surface area contributed by atoms with E-state index in [0.29, 0.717) is 32.4 Å². The average molecular weight is 411 g/mol. The Bertz CT molecular complexity index is 905. The molecule has 1 atom stereocenters. The number of hydrogen-bond donors (Lipinski definition) is 2. The Kier molecular flexibility index (Phi) is 6.68. The molecule has 0 aliphatic rings. The molecule has 27 heavy (non-hydrogen) atoms. The lowest BCUT2D eigenvalue weighted by Crippen LogP contribution is -2.31. The Balaban J connectivity index is 1.98. The van der Waals surface area contributed by atoms with Crippen molar-refractivity contribution in [1.82, 2.24) is 10.3 Å². The lowest BCUT2D eigenvalue weighted by Gasteiger charge is -2.16. The maximum Gasteiger partial charge on any atom is 0.355 e. The third kappa shape index (κ3) is 4.90. The molecule has 2 aromatic rings. The van der Waals surface area contributed by atoms with E-state index >= 15 is 0 Å². The van der Waals surface area contributed by atoms with Crippen LogP contribution in [0.2, 0.25) is 10.0 Å². The van der Waals surface area contributed by atoms with Crippen LogP contribution in [0.15, 0.2) is 18.2 Å². The Morgan fingerprint density at radius 2 is 1.89 bits per heavy atom. The molecule has 0 fully saturated rings. The predicted octanol–water partition coefficient (Wildman–Crippen LogP) is 4.18. The fourth-order valence-corrected chi connectivity index (χ4v) is 3.47. The fraction of sp³-hybridized carbons (Fsp3) is 0.316. The smallest absolute Gasteiger partial charge is 0.355 e. The van der Waals surface area contributed by atoms with Crippen LogP contribution < -0.4 is 5.32 Å². The van der Waals surface area contributed by atoms with Crippen molar-refractivity contribution in [2.24, 2.45) is 0 Å². The van der Waals surface area contributed by atoms with Crippen LogP contribution in [0, 0.1) is 13.8 Å². The first-order valence-corrected chi connectivity index (χ1v) is 8.99. The Morgan fingerprint density at radius 1 is 1.22 bits per heavy atom. The van der Waals surface area contributed by atoms with Crippen molar-refractivity contribution in [2.45, 2.75) is 33.7 Å². The number of benzene rings is 1. The Morgan fingerprint density at radius 3 is 2.44 bits per heavy atom. The van der Waals surface area contributed by atoms with Crippen molar-refractivity contribution in [1.29, 1.82) is 0 Å². The van der Waals surface area contributed by atoms with Gasteiger partial charge in [-0.25, -0.2) is 4.79 Å². The molecule has 2 N–H and O–H groups in total. The van der Waals surface area contributed by atoms with Crippen LogP contribution in [-0.4, -0.2) is 29.3 Å². The summed E-state index contributed by atoms with van der Waals surface area (Å²) in [6.45, 7) is 6.08. The summed E-state index contributed by atoms with van der Waals surface area (Å²) in [5, 5.41) is 3.63. The van der Waals surface area contributed by atoms with Crippen molar-refractivity contribution in [3.63, 3.8) is 0 Å². The highest BCUT2D eigenvalue weighted by molar-refractivity contribution is 6.35. The summed E-state index contributed by atoms with van der Waals surface area (Å²) < 4.78 is 5.06. The van der Waals surface area contributed by atoms with Crippen LogP contribution in [-0.2, 0) is 9.53 Å². The summed E-state index contributed by atoms with van der Waals surface area (Å²) in [5.74, 6) is -1.32. The monoisotopic (exact) mass is 410 g/mol. The molecule has 1 aromatic heterocycles. The standard InChI is InChI=1S/C19H20Cl2N2O4/c1-9-17(12(4)24)11(3)23-18(9)19(26)27-8-16(25)22-10(2)14-6-5-13(20)7-15(14)21/h5-7,10,23H,8H2,1-4H3,(H,22,25)/t10-/m0/s1. The summed E-state index contributed by atoms with van der Waals surface area (Å²) in [6.07, 6.45) is 0. The number of amides is 1. The first kappa shape index (κ1) is 21.0. The minimum absolute atomic E-state index is 0.147. The third-order valence-electron chi connectivity index (χ3n) is 4.13. The van der Waals surface area contributed by atoms with Gasteiger partial charge in [-0.1, -0.05) is 29.3 Å². The van der Waals surface area contributed by atoms with Gasteiger partial charge in [-0.05, 0) is 51.0 Å². The number of esters is 1. The first-order valence-electron chi connectivity index (χ1n) is 8.23. The number of aromatic amines is 1. The lowest BCUT2D eigenvalue weighted by atomic mass is 10.1. The number of carbonyl (C=O) groups is 3. The van der Waals surface area contributed by atoms with Crippen molar-refractivity contribution in [3.8, 4) is 0 Å². The van der Waals surface area contributed by atoms with Gasteiger partial charge in [0.2, 0.25) is 0 Å². The fourth-order valence-electron chi connectivity index (χ4n) is 2.90. The summed E-state index contributed by atoms with van der Waals surface area (Å²) in [4.78, 5) is 38.8. The van der Waals surface area contributed by atoms with E-state index in [2.05, 4.69) is 10.3 Å². The van der Waals surface area contributed by atoms with Gasteiger partial charge in [0.05, 0.1) is 6.04 Å². The van der Waals surface area contributed by atoms with Gasteiger partial charge in [-0.3, -0.25) is 9.59 Å². The maximum absolute atomic E-state index is 12.2. The van der Waals surface area contributed by atoms with Gasteiger partial charge < -0.3 is 15.0 Å². The summed E-state index contributed by atoms with van der Waals surface area (Å²) in [7, 11) is 0. The maximum atomic E-state index is 12.2. The zero-order valence-electron chi connectivity index (χ0n) is 15.4. The number of ether oxygens (including phenoxy) is 1.